The number of rotatable bonds is 10. The van der Waals surface area contributed by atoms with Crippen LogP contribution in [-0.2, 0) is 11.2 Å². The van der Waals surface area contributed by atoms with Gasteiger partial charge in [-0.25, -0.2) is 9.29 Å². The average Bonchev–Trinajstić information content (AvgIpc) is 2.90. The number of nitrogens with zero attached hydrogens (tertiary/aromatic N) is 5. The van der Waals surface area contributed by atoms with E-state index in [-0.39, 0.29) is 0 Å². The van der Waals surface area contributed by atoms with Crippen LogP contribution in [0, 0.1) is 22.7 Å². The van der Waals surface area contributed by atoms with Crippen molar-refractivity contribution in [2.24, 2.45) is 5.73 Å². The Balaban J connectivity index is 1.96. The lowest BCUT2D eigenvalue weighted by atomic mass is 10.0. The van der Waals surface area contributed by atoms with Crippen LogP contribution in [0.25, 0.3) is 0 Å². The zero-order chi connectivity index (χ0) is 26.1. The lowest BCUT2D eigenvalue weighted by Gasteiger charge is -2.35. The second-order valence-corrected chi connectivity index (χ2v) is 10.1. The van der Waals surface area contributed by atoms with E-state index in [0.717, 1.165) is 24.9 Å². The molecule has 1 atom stereocenters. The highest BCUT2D eigenvalue weighted by molar-refractivity contribution is 8.00. The van der Waals surface area contributed by atoms with Gasteiger partial charge in [-0.1, -0.05) is 68.3 Å². The van der Waals surface area contributed by atoms with Crippen molar-refractivity contribution in [1.82, 2.24) is 9.29 Å². The van der Waals surface area contributed by atoms with Crippen molar-refractivity contribution < 1.29 is 4.79 Å². The number of nitrogens with two attached hydrogens (primary N) is 1. The first-order valence-corrected chi connectivity index (χ1v) is 13.1. The number of piperazine rings is 1. The molecule has 1 aliphatic heterocycles. The molecule has 0 aliphatic carbocycles. The van der Waals surface area contributed by atoms with E-state index in [9.17, 15) is 15.3 Å². The highest BCUT2D eigenvalue weighted by atomic mass is 32.2. The number of benzene rings is 1. The summed E-state index contributed by atoms with van der Waals surface area (Å²) in [7, 11) is 0. The van der Waals surface area contributed by atoms with Crippen LogP contribution in [-0.4, -0.2) is 46.6 Å². The maximum atomic E-state index is 12.3. The maximum absolute atomic E-state index is 12.3. The molecule has 2 N–H and O–H groups in total. The number of allylic oxidation sites excluding steroid dienone is 3. The molecule has 184 valence electrons. The fraction of sp³-hybridized carbons (Fsp3) is 0.259. The van der Waals surface area contributed by atoms with Gasteiger partial charge in [0.2, 0.25) is 5.91 Å². The number of pyridine rings is 1. The molecule has 0 radical (unpaired) electrons. The predicted octanol–water partition coefficient (Wildman–Crippen LogP) is 4.46. The zero-order valence-corrected chi connectivity index (χ0v) is 21.8. The number of hydrogen-bond donors (Lipinski definition) is 1. The van der Waals surface area contributed by atoms with Crippen LogP contribution >= 0.6 is 23.7 Å². The highest BCUT2D eigenvalue weighted by Crippen LogP contribution is 2.36. The van der Waals surface area contributed by atoms with Gasteiger partial charge in [-0.05, 0) is 41.6 Å². The molecule has 1 fully saturated rings. The Kier molecular flexibility index (Phi) is 9.77. The van der Waals surface area contributed by atoms with E-state index in [1.807, 2.05) is 25.1 Å². The number of hydrogen-bond acceptors (Lipinski definition) is 8. The van der Waals surface area contributed by atoms with Crippen LogP contribution in [0.5, 0.6) is 0 Å². The number of carbonyl (C=O) groups is 1. The van der Waals surface area contributed by atoms with E-state index in [0.29, 0.717) is 52.6 Å². The molecule has 3 rings (SSSR count). The quantitative estimate of drug-likeness (QED) is 0.280. The smallest absolute Gasteiger partial charge is 0.235 e. The first-order valence-electron chi connectivity index (χ1n) is 11.5. The van der Waals surface area contributed by atoms with Crippen molar-refractivity contribution in [3.05, 3.63) is 84.0 Å². The van der Waals surface area contributed by atoms with Crippen LogP contribution in [0.2, 0.25) is 0 Å². The summed E-state index contributed by atoms with van der Waals surface area (Å²) in [6.07, 6.45) is 5.25. The van der Waals surface area contributed by atoms with Crippen LogP contribution in [0.4, 0.5) is 5.82 Å². The number of primary amides is 1. The molecule has 7 nitrogen and oxygen atoms in total. The molecule has 1 aliphatic rings. The number of carbonyl (C=O) groups excluding carboxylic acids is 1. The summed E-state index contributed by atoms with van der Waals surface area (Å²) in [5, 5.41) is 19.6. The number of amides is 1. The minimum absolute atomic E-state index is 0.300. The summed E-state index contributed by atoms with van der Waals surface area (Å²) in [6, 6.07) is 14.7. The third-order valence-corrected chi connectivity index (χ3v) is 8.04. The third-order valence-electron chi connectivity index (χ3n) is 5.68. The van der Waals surface area contributed by atoms with Crippen molar-refractivity contribution in [2.75, 3.05) is 31.1 Å². The Bertz CT molecular complexity index is 1240. The molecule has 1 saturated heterocycles. The summed E-state index contributed by atoms with van der Waals surface area (Å²) < 4.78 is 2.29. The van der Waals surface area contributed by atoms with Gasteiger partial charge < -0.3 is 10.6 Å². The van der Waals surface area contributed by atoms with E-state index in [1.54, 1.807) is 30.2 Å². The molecule has 0 bridgehead atoms. The Hall–Kier alpha value is -3.50. The van der Waals surface area contributed by atoms with E-state index >= 15 is 0 Å². The fourth-order valence-electron chi connectivity index (χ4n) is 3.92. The van der Waals surface area contributed by atoms with Crippen LogP contribution in [0.3, 0.4) is 0 Å². The van der Waals surface area contributed by atoms with E-state index in [1.165, 1.54) is 4.90 Å². The molecule has 1 aromatic heterocycles. The topological polar surface area (TPSA) is 110 Å². The second-order valence-electron chi connectivity index (χ2n) is 7.87. The van der Waals surface area contributed by atoms with E-state index in [4.69, 9.17) is 10.7 Å². The molecule has 0 spiro atoms. The minimum atomic E-state index is -0.801. The molecule has 0 saturated carbocycles. The molecule has 1 amide bonds. The third kappa shape index (κ3) is 6.19. The molecular formula is C27H28N6OS2. The minimum Gasteiger partial charge on any atom is -0.368 e. The molecule has 1 aromatic carbocycles. The largest absolute Gasteiger partial charge is 0.368 e. The van der Waals surface area contributed by atoms with Crippen LogP contribution in [0.15, 0.2) is 77.2 Å². The van der Waals surface area contributed by atoms with Gasteiger partial charge in [-0.15, -0.1) is 0 Å². The number of nitriles is 2. The van der Waals surface area contributed by atoms with Crippen molar-refractivity contribution >= 4 is 35.4 Å². The number of thioether (sulfide) groups is 1. The van der Waals surface area contributed by atoms with E-state index < -0.39 is 11.2 Å². The van der Waals surface area contributed by atoms with Crippen molar-refractivity contribution in [3.63, 3.8) is 0 Å². The van der Waals surface area contributed by atoms with Gasteiger partial charge in [0.15, 0.2) is 0 Å². The van der Waals surface area contributed by atoms with Crippen LogP contribution in [0.1, 0.15) is 23.6 Å². The molecule has 36 heavy (non-hydrogen) atoms. The summed E-state index contributed by atoms with van der Waals surface area (Å²) in [5.41, 5.74) is 7.61. The molecule has 2 aromatic rings. The Morgan fingerprint density at radius 1 is 1.17 bits per heavy atom. The maximum Gasteiger partial charge on any atom is 0.235 e. The Morgan fingerprint density at radius 3 is 2.36 bits per heavy atom. The molecule has 9 heteroatoms. The zero-order valence-electron chi connectivity index (χ0n) is 20.2. The second kappa shape index (κ2) is 13.0. The lowest BCUT2D eigenvalue weighted by molar-refractivity contribution is -0.116. The summed E-state index contributed by atoms with van der Waals surface area (Å²) in [4.78, 5) is 20.4. The van der Waals surface area contributed by atoms with Gasteiger partial charge in [0.25, 0.3) is 0 Å². The fourth-order valence-corrected chi connectivity index (χ4v) is 5.92. The SMILES string of the molecule is C=C/C=C(\C=C)C(Sc1nc(N2CCN(Sc3ccccc3)CC2)c(C#N)c(CC)c1C#N)C(N)=O. The average molecular weight is 517 g/mol. The van der Waals surface area contributed by atoms with Gasteiger partial charge >= 0.3 is 0 Å². The molecule has 1 unspecified atom stereocenters. The molecular weight excluding hydrogens is 488 g/mol. The first-order chi connectivity index (χ1) is 17.5. The molecule has 2 heterocycles. The van der Waals surface area contributed by atoms with Gasteiger partial charge in [0.05, 0.1) is 11.1 Å². The van der Waals surface area contributed by atoms with Gasteiger partial charge in [-0.2, -0.15) is 10.5 Å². The van der Waals surface area contributed by atoms with Crippen molar-refractivity contribution in [2.45, 2.75) is 28.5 Å². The predicted molar refractivity (Wildman–Crippen MR) is 146 cm³/mol. The van der Waals surface area contributed by atoms with Gasteiger partial charge in [-0.3, -0.25) is 4.79 Å². The Labute approximate surface area is 221 Å². The summed E-state index contributed by atoms with van der Waals surface area (Å²) in [6.45, 7) is 12.3. The van der Waals surface area contributed by atoms with Crippen LogP contribution < -0.4 is 10.6 Å². The summed E-state index contributed by atoms with van der Waals surface area (Å²) in [5.74, 6) is -0.0366. The van der Waals surface area contributed by atoms with Gasteiger partial charge in [0, 0.05) is 31.1 Å². The lowest BCUT2D eigenvalue weighted by Crippen LogP contribution is -2.44. The first kappa shape index (κ1) is 27.1. The van der Waals surface area contributed by atoms with Crippen molar-refractivity contribution in [3.8, 4) is 12.1 Å². The number of aromatic nitrogens is 1. The standard InChI is InChI=1S/C27H28N6OS2/c1-4-10-19(5-2)24(25(30)34)35-27-23(18-29)21(6-3)22(17-28)26(31-27)32-13-15-33(16-14-32)36-20-11-8-7-9-12-20/h4-5,7-12,24H,1-2,6,13-16H2,3H3,(H2,30,34)/b19-10+. The summed E-state index contributed by atoms with van der Waals surface area (Å²) >= 11 is 2.81. The van der Waals surface area contributed by atoms with Crippen molar-refractivity contribution in [1.29, 1.82) is 10.5 Å². The van der Waals surface area contributed by atoms with E-state index in [2.05, 4.69) is 46.6 Å². The van der Waals surface area contributed by atoms with Gasteiger partial charge in [0.1, 0.15) is 28.2 Å². The normalized spacial score (nSPS) is 15.0. The monoisotopic (exact) mass is 516 g/mol. The number of anilines is 1. The Morgan fingerprint density at radius 2 is 1.83 bits per heavy atom. The highest BCUT2D eigenvalue weighted by Gasteiger charge is 2.29.